The lowest BCUT2D eigenvalue weighted by Crippen LogP contribution is -1.76. The molecule has 3 rings (SSSR count). The van der Waals surface area contributed by atoms with Gasteiger partial charge in [0.05, 0.1) is 11.6 Å². The number of nitrogens with zero attached hydrogens (tertiary/aromatic N) is 2. The number of aromatic nitrogens is 1. The average molecular weight is 252 g/mol. The largest absolute Gasteiger partial charge is 0.431 e. The van der Waals surface area contributed by atoms with Crippen LogP contribution < -0.4 is 0 Å². The van der Waals surface area contributed by atoms with E-state index >= 15 is 0 Å². The zero-order chi connectivity index (χ0) is 12.4. The summed E-state index contributed by atoms with van der Waals surface area (Å²) in [5.74, 6) is 0. The molecule has 3 nitrogen and oxygen atoms in total. The maximum atomic E-state index is 8.84. The van der Waals surface area contributed by atoms with Crippen LogP contribution in [0.2, 0.25) is 0 Å². The lowest BCUT2D eigenvalue weighted by atomic mass is 10.2. The number of hydrogen-bond acceptors (Lipinski definition) is 4. The smallest absolute Gasteiger partial charge is 0.261 e. The third kappa shape index (κ3) is 2.08. The van der Waals surface area contributed by atoms with Gasteiger partial charge in [0.2, 0.25) is 0 Å². The van der Waals surface area contributed by atoms with E-state index in [2.05, 4.69) is 11.1 Å². The third-order valence-corrected chi connectivity index (χ3v) is 3.28. The van der Waals surface area contributed by atoms with Crippen LogP contribution in [0.25, 0.3) is 11.1 Å². The summed E-state index contributed by atoms with van der Waals surface area (Å²) in [5.41, 5.74) is 2.25. The molecule has 0 bridgehead atoms. The van der Waals surface area contributed by atoms with Crippen LogP contribution in [-0.2, 0) is 0 Å². The van der Waals surface area contributed by atoms with E-state index in [9.17, 15) is 0 Å². The van der Waals surface area contributed by atoms with E-state index < -0.39 is 0 Å². The van der Waals surface area contributed by atoms with Crippen LogP contribution in [0.3, 0.4) is 0 Å². The predicted octanol–water partition coefficient (Wildman–Crippen LogP) is 3.85. The van der Waals surface area contributed by atoms with E-state index in [0.29, 0.717) is 10.8 Å². The second kappa shape index (κ2) is 4.55. The van der Waals surface area contributed by atoms with Gasteiger partial charge in [-0.3, -0.25) is 0 Å². The number of rotatable bonds is 2. The molecule has 0 amide bonds. The second-order valence-electron chi connectivity index (χ2n) is 3.69. The fourth-order valence-electron chi connectivity index (χ4n) is 1.62. The zero-order valence-corrected chi connectivity index (χ0v) is 10.1. The van der Waals surface area contributed by atoms with E-state index in [1.807, 2.05) is 42.5 Å². The molecule has 2 aromatic carbocycles. The minimum absolute atomic E-state index is 0.589. The van der Waals surface area contributed by atoms with Crippen molar-refractivity contribution in [2.75, 3.05) is 0 Å². The molecule has 4 heteroatoms. The average Bonchev–Trinajstić information content (AvgIpc) is 2.81. The van der Waals surface area contributed by atoms with Crippen molar-refractivity contribution in [1.29, 1.82) is 5.26 Å². The molecule has 1 heterocycles. The van der Waals surface area contributed by atoms with Gasteiger partial charge in [0.15, 0.2) is 5.58 Å². The maximum absolute atomic E-state index is 8.84. The molecule has 0 aliphatic carbocycles. The number of para-hydroxylation sites is 2. The molecular formula is C14H8N2OS. The van der Waals surface area contributed by atoms with Crippen molar-refractivity contribution in [3.63, 3.8) is 0 Å². The number of nitriles is 1. The lowest BCUT2D eigenvalue weighted by Gasteiger charge is -1.96. The van der Waals surface area contributed by atoms with Gasteiger partial charge in [-0.2, -0.15) is 5.26 Å². The summed E-state index contributed by atoms with van der Waals surface area (Å²) >= 11 is 1.41. The molecule has 0 spiro atoms. The minimum Gasteiger partial charge on any atom is -0.431 e. The summed E-state index contributed by atoms with van der Waals surface area (Å²) in [5, 5.41) is 9.43. The first-order valence-electron chi connectivity index (χ1n) is 5.39. The fourth-order valence-corrected chi connectivity index (χ4v) is 2.43. The zero-order valence-electron chi connectivity index (χ0n) is 9.33. The molecule has 0 radical (unpaired) electrons. The molecule has 0 saturated heterocycles. The van der Waals surface area contributed by atoms with Crippen LogP contribution in [0.4, 0.5) is 0 Å². The predicted molar refractivity (Wildman–Crippen MR) is 69.3 cm³/mol. The molecule has 0 unspecified atom stereocenters. The highest BCUT2D eigenvalue weighted by Gasteiger charge is 2.07. The first-order valence-corrected chi connectivity index (χ1v) is 6.20. The molecule has 18 heavy (non-hydrogen) atoms. The van der Waals surface area contributed by atoms with Crippen molar-refractivity contribution < 1.29 is 4.42 Å². The Morgan fingerprint density at radius 2 is 2.00 bits per heavy atom. The van der Waals surface area contributed by atoms with Gasteiger partial charge >= 0.3 is 0 Å². The Hall–Kier alpha value is -2.25. The van der Waals surface area contributed by atoms with Crippen molar-refractivity contribution in [2.24, 2.45) is 0 Å². The van der Waals surface area contributed by atoms with Crippen LogP contribution in [0.15, 0.2) is 63.1 Å². The summed E-state index contributed by atoms with van der Waals surface area (Å²) in [6.07, 6.45) is 0. The summed E-state index contributed by atoms with van der Waals surface area (Å²) in [6.45, 7) is 0. The van der Waals surface area contributed by atoms with Gasteiger partial charge in [-0.25, -0.2) is 4.98 Å². The Labute approximate surface area is 108 Å². The van der Waals surface area contributed by atoms with E-state index in [4.69, 9.17) is 9.68 Å². The summed E-state index contributed by atoms with van der Waals surface area (Å²) in [4.78, 5) is 5.32. The quantitative estimate of drug-likeness (QED) is 0.695. The fraction of sp³-hybridized carbons (Fsp3) is 0. The highest BCUT2D eigenvalue weighted by atomic mass is 32.2. The molecule has 0 aliphatic heterocycles. The highest BCUT2D eigenvalue weighted by Crippen LogP contribution is 2.29. The van der Waals surface area contributed by atoms with Crippen molar-refractivity contribution >= 4 is 22.9 Å². The van der Waals surface area contributed by atoms with Crippen molar-refractivity contribution in [2.45, 2.75) is 10.1 Å². The van der Waals surface area contributed by atoms with Crippen LogP contribution >= 0.6 is 11.8 Å². The van der Waals surface area contributed by atoms with Gasteiger partial charge in [-0.1, -0.05) is 18.2 Å². The Bertz CT molecular complexity index is 710. The first-order chi connectivity index (χ1) is 8.85. The Balaban J connectivity index is 1.94. The van der Waals surface area contributed by atoms with Crippen LogP contribution in [0.1, 0.15) is 5.56 Å². The van der Waals surface area contributed by atoms with Crippen molar-refractivity contribution in [3.8, 4) is 6.07 Å². The van der Waals surface area contributed by atoms with E-state index in [1.54, 1.807) is 6.07 Å². The summed E-state index contributed by atoms with van der Waals surface area (Å²) < 4.78 is 5.61. The van der Waals surface area contributed by atoms with Crippen molar-refractivity contribution in [3.05, 3.63) is 54.1 Å². The summed E-state index contributed by atoms with van der Waals surface area (Å²) in [7, 11) is 0. The standard InChI is InChI=1S/C14H8N2OS/c15-9-10-4-3-5-11(8-10)18-14-16-12-6-1-2-7-13(12)17-14/h1-8H. The molecule has 0 aliphatic rings. The van der Waals surface area contributed by atoms with Crippen LogP contribution in [0.5, 0.6) is 0 Å². The third-order valence-electron chi connectivity index (χ3n) is 2.44. The Morgan fingerprint density at radius 3 is 2.83 bits per heavy atom. The number of oxazole rings is 1. The SMILES string of the molecule is N#Cc1cccc(Sc2nc3ccccc3o2)c1. The number of benzene rings is 2. The molecule has 0 fully saturated rings. The molecule has 0 saturated carbocycles. The van der Waals surface area contributed by atoms with E-state index in [0.717, 1.165) is 16.0 Å². The number of hydrogen-bond donors (Lipinski definition) is 0. The molecule has 0 atom stereocenters. The summed E-state index contributed by atoms with van der Waals surface area (Å²) in [6, 6.07) is 17.1. The molecule has 0 N–H and O–H groups in total. The van der Waals surface area contributed by atoms with E-state index in [1.165, 1.54) is 11.8 Å². The van der Waals surface area contributed by atoms with Gasteiger partial charge in [0.1, 0.15) is 5.52 Å². The van der Waals surface area contributed by atoms with Gasteiger partial charge in [-0.15, -0.1) is 0 Å². The highest BCUT2D eigenvalue weighted by molar-refractivity contribution is 7.99. The van der Waals surface area contributed by atoms with Gasteiger partial charge in [-0.05, 0) is 42.1 Å². The van der Waals surface area contributed by atoms with Crippen molar-refractivity contribution in [1.82, 2.24) is 4.98 Å². The topological polar surface area (TPSA) is 49.8 Å². The number of fused-ring (bicyclic) bond motifs is 1. The van der Waals surface area contributed by atoms with Crippen LogP contribution in [0, 0.1) is 11.3 Å². The van der Waals surface area contributed by atoms with E-state index in [-0.39, 0.29) is 0 Å². The Kier molecular flexibility index (Phi) is 2.75. The van der Waals surface area contributed by atoms with Crippen LogP contribution in [-0.4, -0.2) is 4.98 Å². The Morgan fingerprint density at radius 1 is 1.11 bits per heavy atom. The monoisotopic (exact) mass is 252 g/mol. The molecule has 1 aromatic heterocycles. The first kappa shape index (κ1) is 10.9. The second-order valence-corrected chi connectivity index (χ2v) is 4.71. The van der Waals surface area contributed by atoms with Gasteiger partial charge in [0.25, 0.3) is 5.22 Å². The minimum atomic E-state index is 0.589. The van der Waals surface area contributed by atoms with Gasteiger partial charge in [0, 0.05) is 4.90 Å². The van der Waals surface area contributed by atoms with Gasteiger partial charge < -0.3 is 4.42 Å². The molecule has 86 valence electrons. The molecular weight excluding hydrogens is 244 g/mol. The maximum Gasteiger partial charge on any atom is 0.261 e. The normalized spacial score (nSPS) is 10.4. The lowest BCUT2D eigenvalue weighted by molar-refractivity contribution is 0.489. The molecule has 3 aromatic rings.